The van der Waals surface area contributed by atoms with E-state index in [-0.39, 0.29) is 0 Å². The smallest absolute Gasteiger partial charge is 0.0608 e. The maximum atomic E-state index is 5.26. The van der Waals surface area contributed by atoms with Crippen LogP contribution in [0.15, 0.2) is 0 Å². The molecule has 1 saturated heterocycles. The molecule has 2 fully saturated rings. The van der Waals surface area contributed by atoms with E-state index in [9.17, 15) is 0 Å². The van der Waals surface area contributed by atoms with Gasteiger partial charge in [0.15, 0.2) is 0 Å². The summed E-state index contributed by atoms with van der Waals surface area (Å²) < 4.78 is 5.26. The standard InChI is InChI=1S/C12H23NOS/c1-3-9-4-5-11(13-2)12(6-9)15-10-7-14-8-10/h9-13H,3-8H2,1-2H3. The summed E-state index contributed by atoms with van der Waals surface area (Å²) in [5.74, 6) is 0.966. The van der Waals surface area contributed by atoms with Gasteiger partial charge in [-0.1, -0.05) is 13.3 Å². The Balaban J connectivity index is 1.84. The van der Waals surface area contributed by atoms with Gasteiger partial charge in [-0.3, -0.25) is 0 Å². The molecule has 0 aromatic carbocycles. The molecule has 0 aromatic rings. The molecule has 3 unspecified atom stereocenters. The summed E-state index contributed by atoms with van der Waals surface area (Å²) in [5.41, 5.74) is 0. The Labute approximate surface area is 97.5 Å². The van der Waals surface area contributed by atoms with Crippen LogP contribution in [0.2, 0.25) is 0 Å². The number of rotatable bonds is 4. The fourth-order valence-corrected chi connectivity index (χ4v) is 4.29. The number of thioether (sulfide) groups is 1. The lowest BCUT2D eigenvalue weighted by Crippen LogP contribution is -2.44. The average Bonchev–Trinajstić information content (AvgIpc) is 2.23. The van der Waals surface area contributed by atoms with Crippen molar-refractivity contribution >= 4 is 11.8 Å². The van der Waals surface area contributed by atoms with Crippen LogP contribution >= 0.6 is 11.8 Å². The van der Waals surface area contributed by atoms with Crippen molar-refractivity contribution < 1.29 is 4.74 Å². The first-order chi connectivity index (χ1) is 7.33. The van der Waals surface area contributed by atoms with Gasteiger partial charge in [0.25, 0.3) is 0 Å². The number of ether oxygens (including phenoxy) is 1. The van der Waals surface area contributed by atoms with E-state index in [0.29, 0.717) is 0 Å². The molecule has 88 valence electrons. The maximum Gasteiger partial charge on any atom is 0.0608 e. The predicted octanol–water partition coefficient (Wildman–Crippen LogP) is 2.29. The second-order valence-corrected chi connectivity index (χ2v) is 6.36. The fraction of sp³-hybridized carbons (Fsp3) is 1.00. The molecule has 1 N–H and O–H groups in total. The molecule has 1 aliphatic heterocycles. The van der Waals surface area contributed by atoms with Crippen molar-refractivity contribution in [2.24, 2.45) is 5.92 Å². The molecule has 1 saturated carbocycles. The van der Waals surface area contributed by atoms with Crippen LogP contribution in [-0.4, -0.2) is 36.8 Å². The maximum absolute atomic E-state index is 5.26. The van der Waals surface area contributed by atoms with E-state index >= 15 is 0 Å². The fourth-order valence-electron chi connectivity index (χ4n) is 2.60. The van der Waals surface area contributed by atoms with Crippen LogP contribution in [0.5, 0.6) is 0 Å². The molecule has 0 radical (unpaired) electrons. The molecular formula is C12H23NOS. The molecule has 0 spiro atoms. The van der Waals surface area contributed by atoms with E-state index in [1.165, 1.54) is 25.7 Å². The van der Waals surface area contributed by atoms with Gasteiger partial charge >= 0.3 is 0 Å². The van der Waals surface area contributed by atoms with Gasteiger partial charge in [0.1, 0.15) is 0 Å². The van der Waals surface area contributed by atoms with Crippen LogP contribution in [0.4, 0.5) is 0 Å². The van der Waals surface area contributed by atoms with Gasteiger partial charge in [-0.2, -0.15) is 0 Å². The van der Waals surface area contributed by atoms with Crippen molar-refractivity contribution in [1.29, 1.82) is 0 Å². The van der Waals surface area contributed by atoms with Crippen LogP contribution in [0.1, 0.15) is 32.6 Å². The minimum atomic E-state index is 0.735. The van der Waals surface area contributed by atoms with Gasteiger partial charge in [-0.15, -0.1) is 11.8 Å². The summed E-state index contributed by atoms with van der Waals surface area (Å²) in [5, 5.41) is 5.09. The van der Waals surface area contributed by atoms with Gasteiger partial charge in [0.05, 0.1) is 18.5 Å². The second-order valence-electron chi connectivity index (χ2n) is 4.82. The van der Waals surface area contributed by atoms with Gasteiger partial charge in [-0.05, 0) is 32.2 Å². The van der Waals surface area contributed by atoms with Gasteiger partial charge in [0.2, 0.25) is 0 Å². The number of nitrogens with one attached hydrogen (secondary N) is 1. The lowest BCUT2D eigenvalue weighted by Gasteiger charge is -2.39. The Morgan fingerprint density at radius 2 is 2.13 bits per heavy atom. The van der Waals surface area contributed by atoms with Crippen molar-refractivity contribution in [2.45, 2.75) is 49.1 Å². The Morgan fingerprint density at radius 3 is 2.67 bits per heavy atom. The molecule has 1 aliphatic carbocycles. The first-order valence-corrected chi connectivity index (χ1v) is 7.18. The third-order valence-electron chi connectivity index (χ3n) is 3.82. The van der Waals surface area contributed by atoms with Crippen LogP contribution < -0.4 is 5.32 Å². The van der Waals surface area contributed by atoms with E-state index in [1.54, 1.807) is 0 Å². The van der Waals surface area contributed by atoms with Gasteiger partial charge in [-0.25, -0.2) is 0 Å². The van der Waals surface area contributed by atoms with E-state index in [2.05, 4.69) is 31.1 Å². The monoisotopic (exact) mass is 229 g/mol. The summed E-state index contributed by atoms with van der Waals surface area (Å²) in [6.45, 7) is 4.29. The lowest BCUT2D eigenvalue weighted by atomic mass is 9.84. The molecule has 3 heteroatoms. The van der Waals surface area contributed by atoms with Gasteiger partial charge < -0.3 is 10.1 Å². The van der Waals surface area contributed by atoms with Crippen LogP contribution in [0.3, 0.4) is 0 Å². The average molecular weight is 229 g/mol. The zero-order valence-corrected chi connectivity index (χ0v) is 10.7. The third-order valence-corrected chi connectivity index (χ3v) is 5.35. The molecule has 3 atom stereocenters. The minimum absolute atomic E-state index is 0.735. The van der Waals surface area contributed by atoms with Crippen LogP contribution in [0, 0.1) is 5.92 Å². The molecule has 15 heavy (non-hydrogen) atoms. The number of hydrogen-bond acceptors (Lipinski definition) is 3. The van der Waals surface area contributed by atoms with Crippen molar-refractivity contribution in [3.8, 4) is 0 Å². The van der Waals surface area contributed by atoms with Crippen molar-refractivity contribution in [3.05, 3.63) is 0 Å². The molecule has 0 bridgehead atoms. The predicted molar refractivity (Wildman–Crippen MR) is 66.5 cm³/mol. The minimum Gasteiger partial charge on any atom is -0.379 e. The molecule has 0 amide bonds. The summed E-state index contributed by atoms with van der Waals surface area (Å²) in [6, 6.07) is 0.735. The highest BCUT2D eigenvalue weighted by molar-refractivity contribution is 8.00. The first-order valence-electron chi connectivity index (χ1n) is 6.24. The Kier molecular flexibility index (Phi) is 4.35. The Bertz CT molecular complexity index is 194. The van der Waals surface area contributed by atoms with E-state index in [0.717, 1.165) is 35.7 Å². The third kappa shape index (κ3) is 2.89. The zero-order valence-electron chi connectivity index (χ0n) is 9.87. The summed E-state index contributed by atoms with van der Waals surface area (Å²) in [7, 11) is 2.11. The quantitative estimate of drug-likeness (QED) is 0.799. The summed E-state index contributed by atoms with van der Waals surface area (Å²) in [6.07, 6.45) is 5.54. The topological polar surface area (TPSA) is 21.3 Å². The van der Waals surface area contributed by atoms with Crippen molar-refractivity contribution in [3.63, 3.8) is 0 Å². The molecule has 1 heterocycles. The SMILES string of the molecule is CCC1CCC(NC)C(SC2COC2)C1. The molecular weight excluding hydrogens is 206 g/mol. The van der Waals surface area contributed by atoms with E-state index in [1.807, 2.05) is 0 Å². The largest absolute Gasteiger partial charge is 0.379 e. The molecule has 2 nitrogen and oxygen atoms in total. The van der Waals surface area contributed by atoms with Crippen molar-refractivity contribution in [2.75, 3.05) is 20.3 Å². The zero-order chi connectivity index (χ0) is 10.7. The van der Waals surface area contributed by atoms with Crippen molar-refractivity contribution in [1.82, 2.24) is 5.32 Å². The second kappa shape index (κ2) is 5.55. The highest BCUT2D eigenvalue weighted by atomic mass is 32.2. The molecule has 2 aliphatic rings. The summed E-state index contributed by atoms with van der Waals surface area (Å²) in [4.78, 5) is 0. The highest BCUT2D eigenvalue weighted by Crippen LogP contribution is 2.37. The normalized spacial score (nSPS) is 37.6. The van der Waals surface area contributed by atoms with Crippen LogP contribution in [-0.2, 0) is 4.74 Å². The Morgan fingerprint density at radius 1 is 1.33 bits per heavy atom. The first kappa shape index (κ1) is 11.7. The Hall–Kier alpha value is 0.270. The van der Waals surface area contributed by atoms with E-state index in [4.69, 9.17) is 4.74 Å². The molecule has 2 rings (SSSR count). The van der Waals surface area contributed by atoms with E-state index < -0.39 is 0 Å². The highest BCUT2D eigenvalue weighted by Gasteiger charge is 2.33. The lowest BCUT2D eigenvalue weighted by molar-refractivity contribution is 0.0450. The van der Waals surface area contributed by atoms with Crippen LogP contribution in [0.25, 0.3) is 0 Å². The van der Waals surface area contributed by atoms with Gasteiger partial charge in [0, 0.05) is 11.3 Å². The molecule has 0 aromatic heterocycles. The number of hydrogen-bond donors (Lipinski definition) is 1. The summed E-state index contributed by atoms with van der Waals surface area (Å²) >= 11 is 2.17.